The zero-order chi connectivity index (χ0) is 25.9. The number of fused-ring (bicyclic) bond motifs is 1. The first-order chi connectivity index (χ1) is 18.0. The van der Waals surface area contributed by atoms with Crippen LogP contribution in [-0.4, -0.2) is 41.9 Å². The lowest BCUT2D eigenvalue weighted by Crippen LogP contribution is -2.32. The number of rotatable bonds is 6. The van der Waals surface area contributed by atoms with Gasteiger partial charge in [0.2, 0.25) is 0 Å². The number of hydrazone groups is 1. The predicted octanol–water partition coefficient (Wildman–Crippen LogP) is 5.84. The average molecular weight is 497 g/mol. The number of methoxy groups -OCH3 is 2. The van der Waals surface area contributed by atoms with Crippen molar-refractivity contribution in [1.82, 2.24) is 5.01 Å². The molecule has 2 aliphatic rings. The summed E-state index contributed by atoms with van der Waals surface area (Å²) in [5, 5.41) is 16.1. The maximum Gasteiger partial charge on any atom is 0.336 e. The molecular formula is C30H28N2O5. The van der Waals surface area contributed by atoms with E-state index in [9.17, 15) is 14.7 Å². The van der Waals surface area contributed by atoms with Crippen molar-refractivity contribution < 1.29 is 24.2 Å². The van der Waals surface area contributed by atoms with Crippen LogP contribution in [0.1, 0.15) is 57.1 Å². The van der Waals surface area contributed by atoms with Crippen LogP contribution in [0, 0.1) is 5.92 Å². The van der Waals surface area contributed by atoms with Gasteiger partial charge in [0.25, 0.3) is 5.91 Å². The third kappa shape index (κ3) is 4.72. The second kappa shape index (κ2) is 10.3. The van der Waals surface area contributed by atoms with Gasteiger partial charge in [0.1, 0.15) is 11.5 Å². The Kier molecular flexibility index (Phi) is 6.77. The highest BCUT2D eigenvalue weighted by atomic mass is 16.5. The highest BCUT2D eigenvalue weighted by molar-refractivity contribution is 6.10. The molecule has 1 heterocycles. The topological polar surface area (TPSA) is 88.4 Å². The van der Waals surface area contributed by atoms with E-state index in [0.29, 0.717) is 0 Å². The highest BCUT2D eigenvalue weighted by Crippen LogP contribution is 2.45. The molecule has 0 saturated heterocycles. The molecular weight excluding hydrogens is 468 g/mol. The van der Waals surface area contributed by atoms with Gasteiger partial charge in [-0.15, -0.1) is 0 Å². The van der Waals surface area contributed by atoms with E-state index in [1.807, 2.05) is 48.5 Å². The first-order valence-electron chi connectivity index (χ1n) is 12.2. The van der Waals surface area contributed by atoms with Crippen LogP contribution in [-0.2, 0) is 0 Å². The molecule has 188 valence electrons. The van der Waals surface area contributed by atoms with E-state index in [2.05, 4.69) is 6.08 Å². The summed E-state index contributed by atoms with van der Waals surface area (Å²) in [5.41, 5.74) is 4.01. The lowest BCUT2D eigenvalue weighted by molar-refractivity contribution is 0.0646. The Morgan fingerprint density at radius 3 is 2.16 bits per heavy atom. The van der Waals surface area contributed by atoms with E-state index < -0.39 is 11.9 Å². The smallest absolute Gasteiger partial charge is 0.336 e. The van der Waals surface area contributed by atoms with Crippen LogP contribution in [0.5, 0.6) is 11.5 Å². The quantitative estimate of drug-likeness (QED) is 0.463. The zero-order valence-corrected chi connectivity index (χ0v) is 20.8. The highest BCUT2D eigenvalue weighted by Gasteiger charge is 2.44. The first kappa shape index (κ1) is 24.3. The molecule has 0 aromatic heterocycles. The Morgan fingerprint density at radius 1 is 0.919 bits per heavy atom. The number of benzene rings is 3. The third-order valence-corrected chi connectivity index (χ3v) is 7.01. The van der Waals surface area contributed by atoms with E-state index in [1.54, 1.807) is 32.4 Å². The number of carbonyl (C=O) groups excluding carboxylic acids is 1. The third-order valence-electron chi connectivity index (χ3n) is 7.01. The fourth-order valence-electron chi connectivity index (χ4n) is 5.18. The molecule has 37 heavy (non-hydrogen) atoms. The minimum absolute atomic E-state index is 0.00687. The van der Waals surface area contributed by atoms with Crippen molar-refractivity contribution in [1.29, 1.82) is 0 Å². The standard InChI is InChI=1S/C30H28N2O5/c1-36-22-14-10-19(11-15-22)18-21-6-5-9-26-27(21)31-32(28(26)20-12-16-23(37-2)17-13-20)29(33)24-7-3-4-8-25(24)30(34)35/h3-4,7-8,10-18,26,28H,5-6,9H2,1-2H3,(H,34,35). The van der Waals surface area contributed by atoms with Gasteiger partial charge >= 0.3 is 5.97 Å². The Balaban J connectivity index is 1.59. The van der Waals surface area contributed by atoms with Gasteiger partial charge in [-0.25, -0.2) is 9.80 Å². The molecule has 7 heteroatoms. The van der Waals surface area contributed by atoms with E-state index in [4.69, 9.17) is 14.6 Å². The normalized spacial score (nSPS) is 19.8. The largest absolute Gasteiger partial charge is 0.497 e. The molecule has 3 aromatic rings. The van der Waals surface area contributed by atoms with Crippen LogP contribution in [0.4, 0.5) is 0 Å². The van der Waals surface area contributed by atoms with E-state index >= 15 is 0 Å². The van der Waals surface area contributed by atoms with Crippen molar-refractivity contribution in [2.24, 2.45) is 11.0 Å². The monoisotopic (exact) mass is 496 g/mol. The summed E-state index contributed by atoms with van der Waals surface area (Å²) >= 11 is 0. The number of aromatic carboxylic acids is 1. The summed E-state index contributed by atoms with van der Waals surface area (Å²) in [6.07, 6.45) is 4.81. The molecule has 1 fully saturated rings. The van der Waals surface area contributed by atoms with Gasteiger partial charge in [0, 0.05) is 5.92 Å². The van der Waals surface area contributed by atoms with Gasteiger partial charge in [-0.2, -0.15) is 5.10 Å². The molecule has 1 N–H and O–H groups in total. The molecule has 5 rings (SSSR count). The van der Waals surface area contributed by atoms with Crippen molar-refractivity contribution in [3.8, 4) is 11.5 Å². The lowest BCUT2D eigenvalue weighted by atomic mass is 9.77. The van der Waals surface area contributed by atoms with E-state index in [0.717, 1.165) is 53.2 Å². The maximum absolute atomic E-state index is 13.9. The fourth-order valence-corrected chi connectivity index (χ4v) is 5.18. The number of hydrogen-bond donors (Lipinski definition) is 1. The SMILES string of the molecule is COc1ccc(C=C2CCCC3C2=NN(C(=O)c2ccccc2C(=O)O)C3c2ccc(OC)cc2)cc1. The van der Waals surface area contributed by atoms with Crippen LogP contribution in [0.25, 0.3) is 6.08 Å². The van der Waals surface area contributed by atoms with Gasteiger partial charge in [-0.3, -0.25) is 4.79 Å². The Labute approximate surface area is 215 Å². The molecule has 7 nitrogen and oxygen atoms in total. The molecule has 1 aliphatic carbocycles. The number of ether oxygens (including phenoxy) is 2. The van der Waals surface area contributed by atoms with Gasteiger partial charge in [0.05, 0.1) is 37.1 Å². The minimum Gasteiger partial charge on any atom is -0.497 e. The van der Waals surface area contributed by atoms with Crippen LogP contribution in [0.15, 0.2) is 83.5 Å². The summed E-state index contributed by atoms with van der Waals surface area (Å²) in [5.74, 6) is -0.0672. The Morgan fingerprint density at radius 2 is 1.54 bits per heavy atom. The molecule has 3 aromatic carbocycles. The average Bonchev–Trinajstić information content (AvgIpc) is 3.33. The van der Waals surface area contributed by atoms with Crippen LogP contribution >= 0.6 is 0 Å². The second-order valence-corrected chi connectivity index (χ2v) is 9.15. The number of carbonyl (C=O) groups is 2. The van der Waals surface area contributed by atoms with Crippen LogP contribution < -0.4 is 9.47 Å². The molecule has 0 bridgehead atoms. The van der Waals surface area contributed by atoms with E-state index in [1.165, 1.54) is 11.1 Å². The van der Waals surface area contributed by atoms with Gasteiger partial charge in [-0.1, -0.05) is 36.4 Å². The first-order valence-corrected chi connectivity index (χ1v) is 12.2. The predicted molar refractivity (Wildman–Crippen MR) is 141 cm³/mol. The lowest BCUT2D eigenvalue weighted by Gasteiger charge is -2.30. The second-order valence-electron chi connectivity index (χ2n) is 9.15. The summed E-state index contributed by atoms with van der Waals surface area (Å²) in [4.78, 5) is 25.7. The Bertz CT molecular complexity index is 1380. The summed E-state index contributed by atoms with van der Waals surface area (Å²) in [6.45, 7) is 0. The molecule has 0 spiro atoms. The molecule has 2 atom stereocenters. The zero-order valence-electron chi connectivity index (χ0n) is 20.8. The number of amides is 1. The molecule has 0 radical (unpaired) electrons. The van der Waals surface area contributed by atoms with Crippen LogP contribution in [0.2, 0.25) is 0 Å². The van der Waals surface area contributed by atoms with Crippen molar-refractivity contribution in [2.45, 2.75) is 25.3 Å². The van der Waals surface area contributed by atoms with E-state index in [-0.39, 0.29) is 23.1 Å². The maximum atomic E-state index is 13.9. The van der Waals surface area contributed by atoms with Gasteiger partial charge in [-0.05, 0) is 78.4 Å². The number of carboxylic acids is 1. The number of allylic oxidation sites excluding steroid dienone is 1. The van der Waals surface area contributed by atoms with Gasteiger partial charge in [0.15, 0.2) is 0 Å². The van der Waals surface area contributed by atoms with Crippen LogP contribution in [0.3, 0.4) is 0 Å². The minimum atomic E-state index is -1.14. The van der Waals surface area contributed by atoms with Crippen molar-refractivity contribution in [2.75, 3.05) is 14.2 Å². The van der Waals surface area contributed by atoms with Crippen molar-refractivity contribution in [3.05, 3.63) is 101 Å². The molecule has 2 unspecified atom stereocenters. The molecule has 1 saturated carbocycles. The van der Waals surface area contributed by atoms with Crippen molar-refractivity contribution in [3.63, 3.8) is 0 Å². The summed E-state index contributed by atoms with van der Waals surface area (Å²) < 4.78 is 10.6. The fraction of sp³-hybridized carbons (Fsp3) is 0.233. The number of hydrogen-bond acceptors (Lipinski definition) is 5. The summed E-state index contributed by atoms with van der Waals surface area (Å²) in [7, 11) is 3.25. The summed E-state index contributed by atoms with van der Waals surface area (Å²) in [6, 6.07) is 21.4. The number of carboxylic acid groups (broad SMARTS) is 1. The van der Waals surface area contributed by atoms with Gasteiger partial charge < -0.3 is 14.6 Å². The Hall–Kier alpha value is -4.39. The van der Waals surface area contributed by atoms with Crippen molar-refractivity contribution >= 4 is 23.7 Å². The molecule has 1 amide bonds. The number of nitrogens with zero attached hydrogens (tertiary/aromatic N) is 2. The molecule has 1 aliphatic heterocycles.